The zero-order chi connectivity index (χ0) is 22.7. The zero-order valence-electron chi connectivity index (χ0n) is 18.4. The standard InChI is InChI=1S/C28H28N2O3/c29-30-18-25-16-17-26(31-19-22-10-4-1-5-11-22)28(33-21-24-14-8-3-9-15-24)27(25)32-20-23-12-6-2-7-13-23/h1-17,30H,18-21,29H2. The van der Waals surface area contributed by atoms with Gasteiger partial charge in [-0.2, -0.15) is 0 Å². The van der Waals surface area contributed by atoms with Crippen LogP contribution in [-0.4, -0.2) is 0 Å². The average Bonchev–Trinajstić information content (AvgIpc) is 2.88. The molecule has 0 saturated carbocycles. The first-order chi connectivity index (χ1) is 16.3. The van der Waals surface area contributed by atoms with Gasteiger partial charge in [-0.3, -0.25) is 11.3 Å². The van der Waals surface area contributed by atoms with Crippen molar-refractivity contribution in [1.29, 1.82) is 0 Å². The van der Waals surface area contributed by atoms with Gasteiger partial charge in [0.25, 0.3) is 0 Å². The highest BCUT2D eigenvalue weighted by molar-refractivity contribution is 5.56. The molecule has 0 amide bonds. The Hall–Kier alpha value is -3.80. The van der Waals surface area contributed by atoms with Gasteiger partial charge in [-0.15, -0.1) is 0 Å². The Morgan fingerprint density at radius 3 is 1.45 bits per heavy atom. The van der Waals surface area contributed by atoms with Crippen LogP contribution in [0.25, 0.3) is 0 Å². The van der Waals surface area contributed by atoms with Crippen LogP contribution in [-0.2, 0) is 26.4 Å². The minimum atomic E-state index is 0.393. The first-order valence-electron chi connectivity index (χ1n) is 10.9. The van der Waals surface area contributed by atoms with E-state index in [2.05, 4.69) is 5.43 Å². The van der Waals surface area contributed by atoms with Gasteiger partial charge in [-0.1, -0.05) is 97.1 Å². The molecule has 0 aliphatic rings. The number of ether oxygens (including phenoxy) is 3. The lowest BCUT2D eigenvalue weighted by molar-refractivity contribution is 0.228. The molecule has 0 fully saturated rings. The summed E-state index contributed by atoms with van der Waals surface area (Å²) in [6, 6.07) is 34.0. The van der Waals surface area contributed by atoms with Crippen LogP contribution in [0, 0.1) is 0 Å². The SMILES string of the molecule is NNCc1ccc(OCc2ccccc2)c(OCc2ccccc2)c1OCc1ccccc1. The highest BCUT2D eigenvalue weighted by atomic mass is 16.5. The van der Waals surface area contributed by atoms with Crippen LogP contribution in [0.5, 0.6) is 17.2 Å². The van der Waals surface area contributed by atoms with Gasteiger partial charge in [0.1, 0.15) is 19.8 Å². The van der Waals surface area contributed by atoms with Gasteiger partial charge in [0.2, 0.25) is 5.75 Å². The molecule has 33 heavy (non-hydrogen) atoms. The van der Waals surface area contributed by atoms with Crippen LogP contribution in [0.2, 0.25) is 0 Å². The Labute approximate surface area is 194 Å². The van der Waals surface area contributed by atoms with Crippen molar-refractivity contribution in [2.45, 2.75) is 26.4 Å². The van der Waals surface area contributed by atoms with Gasteiger partial charge < -0.3 is 14.2 Å². The van der Waals surface area contributed by atoms with E-state index in [0.29, 0.717) is 43.6 Å². The van der Waals surface area contributed by atoms with Crippen molar-refractivity contribution in [2.24, 2.45) is 5.84 Å². The van der Waals surface area contributed by atoms with E-state index >= 15 is 0 Å². The monoisotopic (exact) mass is 440 g/mol. The van der Waals surface area contributed by atoms with E-state index in [-0.39, 0.29) is 0 Å². The van der Waals surface area contributed by atoms with Gasteiger partial charge in [0.05, 0.1) is 0 Å². The maximum absolute atomic E-state index is 6.30. The normalized spacial score (nSPS) is 10.6. The molecule has 4 aromatic carbocycles. The van der Waals surface area contributed by atoms with E-state index in [1.165, 1.54) is 0 Å². The highest BCUT2D eigenvalue weighted by Crippen LogP contribution is 2.41. The van der Waals surface area contributed by atoms with Crippen LogP contribution in [0.15, 0.2) is 103 Å². The Morgan fingerprint density at radius 2 is 0.970 bits per heavy atom. The van der Waals surface area contributed by atoms with Crippen LogP contribution >= 0.6 is 0 Å². The van der Waals surface area contributed by atoms with Gasteiger partial charge in [-0.05, 0) is 22.8 Å². The average molecular weight is 441 g/mol. The van der Waals surface area contributed by atoms with Crippen molar-refractivity contribution in [2.75, 3.05) is 0 Å². The summed E-state index contributed by atoms with van der Waals surface area (Å²) in [7, 11) is 0. The summed E-state index contributed by atoms with van der Waals surface area (Å²) >= 11 is 0. The summed E-state index contributed by atoms with van der Waals surface area (Å²) in [5, 5.41) is 0. The number of nitrogens with two attached hydrogens (primary N) is 1. The van der Waals surface area contributed by atoms with Gasteiger partial charge >= 0.3 is 0 Å². The second-order valence-electron chi connectivity index (χ2n) is 7.58. The summed E-state index contributed by atoms with van der Waals surface area (Å²) < 4.78 is 18.8. The topological polar surface area (TPSA) is 65.7 Å². The second-order valence-corrected chi connectivity index (χ2v) is 7.58. The first-order valence-corrected chi connectivity index (χ1v) is 10.9. The molecule has 168 valence electrons. The van der Waals surface area contributed by atoms with Crippen LogP contribution in [0.1, 0.15) is 22.3 Å². The smallest absolute Gasteiger partial charge is 0.204 e. The van der Waals surface area contributed by atoms with Crippen LogP contribution in [0.4, 0.5) is 0 Å². The molecule has 0 atom stereocenters. The molecular weight excluding hydrogens is 412 g/mol. The molecular formula is C28H28N2O3. The maximum atomic E-state index is 6.30. The number of hydrogen-bond acceptors (Lipinski definition) is 5. The van der Waals surface area contributed by atoms with E-state index in [4.69, 9.17) is 20.1 Å². The molecule has 0 heterocycles. The van der Waals surface area contributed by atoms with E-state index in [9.17, 15) is 0 Å². The zero-order valence-corrected chi connectivity index (χ0v) is 18.4. The summed E-state index contributed by atoms with van der Waals surface area (Å²) in [5.74, 6) is 7.46. The Kier molecular flexibility index (Phi) is 7.95. The Balaban J connectivity index is 1.64. The molecule has 0 aliphatic carbocycles. The van der Waals surface area contributed by atoms with Crippen molar-refractivity contribution in [3.05, 3.63) is 125 Å². The number of benzene rings is 4. The third-order valence-electron chi connectivity index (χ3n) is 5.14. The number of hydrogen-bond donors (Lipinski definition) is 2. The molecule has 0 aromatic heterocycles. The third kappa shape index (κ3) is 6.35. The molecule has 4 aromatic rings. The molecule has 5 nitrogen and oxygen atoms in total. The largest absolute Gasteiger partial charge is 0.485 e. The number of nitrogens with one attached hydrogen (secondary N) is 1. The molecule has 0 bridgehead atoms. The van der Waals surface area contributed by atoms with Gasteiger partial charge in [0.15, 0.2) is 11.5 Å². The Bertz CT molecular complexity index is 1120. The summed E-state index contributed by atoms with van der Waals surface area (Å²) in [6.45, 7) is 1.66. The van der Waals surface area contributed by atoms with E-state index in [1.807, 2.05) is 103 Å². The molecule has 3 N–H and O–H groups in total. The number of hydrazine groups is 1. The summed E-state index contributed by atoms with van der Waals surface area (Å²) in [6.07, 6.45) is 0. The summed E-state index contributed by atoms with van der Waals surface area (Å²) in [4.78, 5) is 0. The summed E-state index contributed by atoms with van der Waals surface area (Å²) in [5.41, 5.74) is 6.81. The molecule has 0 spiro atoms. The molecule has 0 radical (unpaired) electrons. The molecule has 0 aliphatic heterocycles. The lowest BCUT2D eigenvalue weighted by atomic mass is 10.1. The quantitative estimate of drug-likeness (QED) is 0.242. The highest BCUT2D eigenvalue weighted by Gasteiger charge is 2.18. The lowest BCUT2D eigenvalue weighted by Gasteiger charge is -2.20. The van der Waals surface area contributed by atoms with Crippen molar-refractivity contribution in [3.8, 4) is 17.2 Å². The van der Waals surface area contributed by atoms with Crippen molar-refractivity contribution < 1.29 is 14.2 Å². The van der Waals surface area contributed by atoms with Crippen molar-refractivity contribution >= 4 is 0 Å². The fraction of sp³-hybridized carbons (Fsp3) is 0.143. The molecule has 0 unspecified atom stereocenters. The van der Waals surface area contributed by atoms with Crippen LogP contribution < -0.4 is 25.5 Å². The van der Waals surface area contributed by atoms with E-state index < -0.39 is 0 Å². The first kappa shape index (κ1) is 22.4. The van der Waals surface area contributed by atoms with E-state index in [0.717, 1.165) is 22.3 Å². The Morgan fingerprint density at radius 1 is 0.515 bits per heavy atom. The third-order valence-corrected chi connectivity index (χ3v) is 5.14. The van der Waals surface area contributed by atoms with Gasteiger partial charge in [-0.25, -0.2) is 0 Å². The van der Waals surface area contributed by atoms with Crippen molar-refractivity contribution in [1.82, 2.24) is 5.43 Å². The predicted octanol–water partition coefficient (Wildman–Crippen LogP) is 5.39. The molecule has 0 saturated heterocycles. The fourth-order valence-electron chi connectivity index (χ4n) is 3.44. The van der Waals surface area contributed by atoms with Gasteiger partial charge in [0, 0.05) is 12.1 Å². The minimum Gasteiger partial charge on any atom is -0.485 e. The van der Waals surface area contributed by atoms with Crippen LogP contribution in [0.3, 0.4) is 0 Å². The minimum absolute atomic E-state index is 0.393. The number of rotatable bonds is 11. The fourth-order valence-corrected chi connectivity index (χ4v) is 3.44. The van der Waals surface area contributed by atoms with Crippen molar-refractivity contribution in [3.63, 3.8) is 0 Å². The maximum Gasteiger partial charge on any atom is 0.204 e. The molecule has 4 rings (SSSR count). The second kappa shape index (κ2) is 11.7. The molecule has 5 heteroatoms. The predicted molar refractivity (Wildman–Crippen MR) is 130 cm³/mol. The van der Waals surface area contributed by atoms with E-state index in [1.54, 1.807) is 0 Å². The lowest BCUT2D eigenvalue weighted by Crippen LogP contribution is -2.21.